The lowest BCUT2D eigenvalue weighted by atomic mass is 10.2. The quantitative estimate of drug-likeness (QED) is 0.384. The van der Waals surface area contributed by atoms with Crippen LogP contribution >= 0.6 is 11.8 Å². The minimum atomic E-state index is 0.559. The number of thioether (sulfide) groups is 1. The normalized spacial score (nSPS) is 16.5. The second-order valence-corrected chi connectivity index (χ2v) is 11.9. The van der Waals surface area contributed by atoms with Crippen LogP contribution in [0.1, 0.15) is 68.2 Å². The molecular formula is C20H38N2S2+2. The zero-order chi connectivity index (χ0) is 18.0. The van der Waals surface area contributed by atoms with Crippen LogP contribution in [-0.2, 0) is 10.9 Å². The third-order valence-corrected chi connectivity index (χ3v) is 9.03. The van der Waals surface area contributed by atoms with Gasteiger partial charge in [0, 0.05) is 12.1 Å². The molecule has 1 heterocycles. The van der Waals surface area contributed by atoms with Gasteiger partial charge in [-0.2, -0.15) is 0 Å². The van der Waals surface area contributed by atoms with Crippen LogP contribution in [-0.4, -0.2) is 40.8 Å². The molecule has 138 valence electrons. The van der Waals surface area contributed by atoms with Gasteiger partial charge in [-0.05, 0) is 79.1 Å². The van der Waals surface area contributed by atoms with Crippen LogP contribution in [0.3, 0.4) is 0 Å². The van der Waals surface area contributed by atoms with Crippen molar-refractivity contribution < 1.29 is 0 Å². The topological polar surface area (TPSA) is 6.25 Å². The summed E-state index contributed by atoms with van der Waals surface area (Å²) in [5.74, 6) is 2.95. The maximum atomic E-state index is 2.63. The second-order valence-electron chi connectivity index (χ2n) is 8.21. The summed E-state index contributed by atoms with van der Waals surface area (Å²) in [6.45, 7) is 18.7. The monoisotopic (exact) mass is 370 g/mol. The van der Waals surface area contributed by atoms with Crippen LogP contribution in [0.2, 0.25) is 0 Å². The van der Waals surface area contributed by atoms with E-state index in [2.05, 4.69) is 76.6 Å². The minimum Gasteiger partial charge on any atom is -0.360 e. The summed E-state index contributed by atoms with van der Waals surface area (Å²) >= 11 is 2.15. The number of rotatable bonds is 8. The molecule has 1 saturated heterocycles. The Morgan fingerprint density at radius 2 is 1.42 bits per heavy atom. The lowest BCUT2D eigenvalue weighted by Crippen LogP contribution is -2.41. The van der Waals surface area contributed by atoms with Crippen molar-refractivity contribution >= 4 is 28.3 Å². The highest BCUT2D eigenvalue weighted by Gasteiger charge is 2.39. The largest absolute Gasteiger partial charge is 0.360 e. The molecule has 2 rings (SSSR count). The maximum absolute atomic E-state index is 2.63. The predicted octanol–water partition coefficient (Wildman–Crippen LogP) is 4.24. The van der Waals surface area contributed by atoms with Gasteiger partial charge in [-0.3, -0.25) is 0 Å². The Kier molecular flexibility index (Phi) is 7.19. The summed E-state index contributed by atoms with van der Waals surface area (Å²) in [7, 11) is 0.671. The van der Waals surface area contributed by atoms with Crippen molar-refractivity contribution in [2.24, 2.45) is 0 Å². The van der Waals surface area contributed by atoms with E-state index >= 15 is 0 Å². The van der Waals surface area contributed by atoms with Crippen molar-refractivity contribution in [3.8, 4) is 0 Å². The van der Waals surface area contributed by atoms with Gasteiger partial charge in [0.1, 0.15) is 34.2 Å². The van der Waals surface area contributed by atoms with E-state index in [-0.39, 0.29) is 0 Å². The molecule has 1 fully saturated rings. The van der Waals surface area contributed by atoms with Crippen molar-refractivity contribution in [3.63, 3.8) is 0 Å². The van der Waals surface area contributed by atoms with Gasteiger partial charge in [-0.15, -0.1) is 0 Å². The highest BCUT2D eigenvalue weighted by molar-refractivity contribution is 8.14. The van der Waals surface area contributed by atoms with E-state index in [9.17, 15) is 0 Å². The summed E-state index contributed by atoms with van der Waals surface area (Å²) in [6.07, 6.45) is 2.92. The molecule has 2 nitrogen and oxygen atoms in total. The van der Waals surface area contributed by atoms with Crippen LogP contribution in [0.4, 0.5) is 5.69 Å². The van der Waals surface area contributed by atoms with E-state index in [1.54, 1.807) is 15.9 Å². The first-order valence-corrected chi connectivity index (χ1v) is 12.4. The van der Waals surface area contributed by atoms with Gasteiger partial charge in [0.15, 0.2) is 5.08 Å². The maximum Gasteiger partial charge on any atom is 0.241 e. The first kappa shape index (κ1) is 20.2. The summed E-state index contributed by atoms with van der Waals surface area (Å²) in [5, 5.41) is 2.89. The predicted molar refractivity (Wildman–Crippen MR) is 114 cm³/mol. The van der Waals surface area contributed by atoms with Gasteiger partial charge in [-0.1, -0.05) is 11.8 Å². The third-order valence-electron chi connectivity index (χ3n) is 4.82. The van der Waals surface area contributed by atoms with E-state index in [1.165, 1.54) is 29.4 Å². The van der Waals surface area contributed by atoms with E-state index in [4.69, 9.17) is 0 Å². The van der Waals surface area contributed by atoms with Crippen molar-refractivity contribution in [2.75, 3.05) is 21.5 Å². The number of nitrogens with zero attached hydrogens (tertiary/aromatic N) is 2. The molecule has 0 radical (unpaired) electrons. The van der Waals surface area contributed by atoms with Crippen LogP contribution in [0.5, 0.6) is 0 Å². The molecule has 1 aliphatic heterocycles. The molecule has 0 spiro atoms. The van der Waals surface area contributed by atoms with E-state index in [0.717, 1.165) is 0 Å². The molecule has 0 aliphatic carbocycles. The molecule has 4 heteroatoms. The molecule has 0 bridgehead atoms. The first-order chi connectivity index (χ1) is 11.3. The lowest BCUT2D eigenvalue weighted by molar-refractivity contribution is 0.427. The zero-order valence-corrected chi connectivity index (χ0v) is 18.7. The summed E-state index contributed by atoms with van der Waals surface area (Å²) < 4.78 is 2.63. The minimum absolute atomic E-state index is 0.559. The molecule has 0 atom stereocenters. The summed E-state index contributed by atoms with van der Waals surface area (Å²) in [4.78, 5) is 4.23. The van der Waals surface area contributed by atoms with Crippen molar-refractivity contribution in [1.29, 1.82) is 0 Å². The van der Waals surface area contributed by atoms with Gasteiger partial charge in [0.2, 0.25) is 5.36 Å². The van der Waals surface area contributed by atoms with Crippen LogP contribution in [0.15, 0.2) is 4.90 Å². The molecule has 1 aromatic rings. The van der Waals surface area contributed by atoms with Crippen LogP contribution in [0.25, 0.3) is 0 Å². The molecule has 0 aromatic heterocycles. The highest BCUT2D eigenvalue weighted by Crippen LogP contribution is 2.37. The smallest absolute Gasteiger partial charge is 0.241 e. The molecule has 0 unspecified atom stereocenters. The Morgan fingerprint density at radius 3 is 1.83 bits per heavy atom. The number of anilines is 1. The number of hydrogen-bond donors (Lipinski definition) is 0. The lowest BCUT2D eigenvalue weighted by Gasteiger charge is -2.29. The van der Waals surface area contributed by atoms with E-state index in [1.807, 2.05) is 0 Å². The van der Waals surface area contributed by atoms with Crippen molar-refractivity contribution in [1.82, 2.24) is 4.58 Å². The molecular weight excluding hydrogens is 332 g/mol. The van der Waals surface area contributed by atoms with E-state index < -0.39 is 0 Å². The van der Waals surface area contributed by atoms with E-state index in [0.29, 0.717) is 35.1 Å². The second kappa shape index (κ2) is 8.53. The fraction of sp³-hybridized carbons (Fsp3) is 0.850. The van der Waals surface area contributed by atoms with Gasteiger partial charge < -0.3 is 4.90 Å². The van der Waals surface area contributed by atoms with Crippen LogP contribution < -0.4 is 14.8 Å². The van der Waals surface area contributed by atoms with Gasteiger partial charge >= 0.3 is 0 Å². The average Bonchev–Trinajstić information content (AvgIpc) is 2.90. The SMILES string of the molecule is CC(C)N(c1c(SC[S+]2CCCC2)c1=[N+](C(C)C)C(C)C)C(C)C. The first-order valence-electron chi connectivity index (χ1n) is 9.71. The average molecular weight is 371 g/mol. The fourth-order valence-corrected chi connectivity index (χ4v) is 8.10. The fourth-order valence-electron chi connectivity index (χ4n) is 3.97. The van der Waals surface area contributed by atoms with Crippen LogP contribution in [0, 0.1) is 0 Å². The molecule has 1 aliphatic rings. The summed E-state index contributed by atoms with van der Waals surface area (Å²) in [5.41, 5.74) is 1.55. The molecule has 0 N–H and O–H groups in total. The van der Waals surface area contributed by atoms with Gasteiger partial charge in [-0.25, -0.2) is 4.58 Å². The van der Waals surface area contributed by atoms with Crippen molar-refractivity contribution in [3.05, 3.63) is 5.36 Å². The van der Waals surface area contributed by atoms with Gasteiger partial charge in [0.25, 0.3) is 0 Å². The standard InChI is InChI=1S/C20H38N2S2/c1-14(2)21(15(3)4)18-19(22(16(5)6)17(7)8)20(18)23-13-24-11-9-10-12-24/h14-17H,9-13H2,1-8H3/q+2. The Morgan fingerprint density at radius 1 is 0.917 bits per heavy atom. The Labute approximate surface area is 157 Å². The zero-order valence-electron chi connectivity index (χ0n) is 17.1. The molecule has 1 aromatic carbocycles. The third kappa shape index (κ3) is 4.55. The van der Waals surface area contributed by atoms with Crippen molar-refractivity contribution in [2.45, 2.75) is 97.3 Å². The molecule has 0 saturated carbocycles. The number of hydrogen-bond acceptors (Lipinski definition) is 2. The molecule has 0 amide bonds. The highest BCUT2D eigenvalue weighted by atomic mass is 32.2. The van der Waals surface area contributed by atoms with Gasteiger partial charge in [0.05, 0.1) is 0 Å². The Hall–Kier alpha value is -0.0900. The Bertz CT molecular complexity index is 527. The summed E-state index contributed by atoms with van der Waals surface area (Å²) in [6, 6.07) is 2.23. The molecule has 24 heavy (non-hydrogen) atoms. The Balaban J connectivity index is 2.35.